The topological polar surface area (TPSA) is 71.1 Å². The van der Waals surface area contributed by atoms with Crippen molar-refractivity contribution in [1.82, 2.24) is 4.90 Å². The normalized spacial score (nSPS) is 17.5. The van der Waals surface area contributed by atoms with Crippen molar-refractivity contribution in [2.45, 2.75) is 25.9 Å². The first-order chi connectivity index (χ1) is 15.1. The third kappa shape index (κ3) is 5.76. The summed E-state index contributed by atoms with van der Waals surface area (Å²) in [5.41, 5.74) is 3.15. The first-order valence-corrected chi connectivity index (χ1v) is 10.8. The fourth-order valence-corrected chi connectivity index (χ4v) is 4.10. The van der Waals surface area contributed by atoms with Crippen LogP contribution in [0.1, 0.15) is 18.9 Å². The Hall–Kier alpha value is -3.06. The molecule has 1 N–H and O–H groups in total. The number of nitrogens with one attached hydrogen (secondary N) is 1. The van der Waals surface area contributed by atoms with Gasteiger partial charge < -0.3 is 19.7 Å². The van der Waals surface area contributed by atoms with Gasteiger partial charge in [-0.3, -0.25) is 14.5 Å². The fourth-order valence-electron chi connectivity index (χ4n) is 4.10. The minimum Gasteiger partial charge on any atom is -0.490 e. The zero-order valence-corrected chi connectivity index (χ0v) is 17.9. The van der Waals surface area contributed by atoms with Gasteiger partial charge >= 0.3 is 5.97 Å². The molecule has 2 aliphatic rings. The van der Waals surface area contributed by atoms with Crippen LogP contribution in [0.3, 0.4) is 0 Å². The lowest BCUT2D eigenvalue weighted by Gasteiger charge is -2.37. The lowest BCUT2D eigenvalue weighted by atomic mass is 10.0. The number of benzene rings is 2. The summed E-state index contributed by atoms with van der Waals surface area (Å²) in [5, 5.41) is 2.89. The average molecular weight is 424 g/mol. The number of carbonyl (C=O) groups is 2. The van der Waals surface area contributed by atoms with E-state index in [2.05, 4.69) is 39.4 Å². The summed E-state index contributed by atoms with van der Waals surface area (Å²) in [6.07, 6.45) is 0.901. The molecular formula is C24H29N3O4. The SMILES string of the molecule is CC(=O)OC(COc1ccc2c(c1)NC(=O)CC2)CN1CCN(c2ccccc2)CC1. The molecule has 31 heavy (non-hydrogen) atoms. The van der Waals surface area contributed by atoms with Gasteiger partial charge in [-0.1, -0.05) is 24.3 Å². The molecule has 0 spiro atoms. The number of ether oxygens (including phenoxy) is 2. The zero-order chi connectivity index (χ0) is 21.6. The highest BCUT2D eigenvalue weighted by molar-refractivity contribution is 5.94. The maximum absolute atomic E-state index is 11.6. The van der Waals surface area contributed by atoms with Crippen LogP contribution in [0.25, 0.3) is 0 Å². The number of fused-ring (bicyclic) bond motifs is 1. The molecule has 2 aromatic rings. The van der Waals surface area contributed by atoms with Gasteiger partial charge in [-0.2, -0.15) is 0 Å². The van der Waals surface area contributed by atoms with Crippen LogP contribution in [-0.2, 0) is 20.7 Å². The minimum atomic E-state index is -0.355. The van der Waals surface area contributed by atoms with Crippen molar-refractivity contribution in [3.8, 4) is 5.75 Å². The molecule has 164 valence electrons. The van der Waals surface area contributed by atoms with Crippen LogP contribution in [0.4, 0.5) is 11.4 Å². The number of hydrogen-bond donors (Lipinski definition) is 1. The van der Waals surface area contributed by atoms with E-state index < -0.39 is 0 Å². The van der Waals surface area contributed by atoms with Gasteiger partial charge in [-0.25, -0.2) is 0 Å². The van der Waals surface area contributed by atoms with Gasteiger partial charge in [0.15, 0.2) is 0 Å². The first-order valence-electron chi connectivity index (χ1n) is 10.8. The molecule has 1 saturated heterocycles. The average Bonchev–Trinajstić information content (AvgIpc) is 2.78. The molecule has 1 fully saturated rings. The monoisotopic (exact) mass is 423 g/mol. The molecule has 0 bridgehead atoms. The van der Waals surface area contributed by atoms with E-state index in [1.54, 1.807) is 0 Å². The Kier molecular flexibility index (Phi) is 6.72. The minimum absolute atomic E-state index is 0.0251. The molecule has 0 saturated carbocycles. The first kappa shape index (κ1) is 21.2. The molecule has 7 nitrogen and oxygen atoms in total. The number of esters is 1. The van der Waals surface area contributed by atoms with Gasteiger partial charge in [-0.15, -0.1) is 0 Å². The second-order valence-corrected chi connectivity index (χ2v) is 8.03. The molecule has 7 heteroatoms. The Morgan fingerprint density at radius 3 is 2.58 bits per heavy atom. The van der Waals surface area contributed by atoms with E-state index in [4.69, 9.17) is 9.47 Å². The number of para-hydroxylation sites is 1. The van der Waals surface area contributed by atoms with Gasteiger partial charge in [0.25, 0.3) is 0 Å². The molecule has 4 rings (SSSR count). The predicted molar refractivity (Wildman–Crippen MR) is 120 cm³/mol. The third-order valence-corrected chi connectivity index (χ3v) is 5.70. The molecule has 0 radical (unpaired) electrons. The number of piperazine rings is 1. The summed E-state index contributed by atoms with van der Waals surface area (Å²) >= 11 is 0. The summed E-state index contributed by atoms with van der Waals surface area (Å²) < 4.78 is 11.5. The molecule has 1 amide bonds. The highest BCUT2D eigenvalue weighted by atomic mass is 16.6. The molecule has 1 atom stereocenters. The van der Waals surface area contributed by atoms with E-state index in [9.17, 15) is 9.59 Å². The van der Waals surface area contributed by atoms with E-state index in [-0.39, 0.29) is 24.6 Å². The standard InChI is InChI=1S/C24H29N3O4/c1-18(28)31-22(16-26-11-13-27(14-12-26)20-5-3-2-4-6-20)17-30-21-9-7-19-8-10-24(29)25-23(19)15-21/h2-7,9,15,22H,8,10-14,16-17H2,1H3,(H,25,29). The maximum atomic E-state index is 11.6. The number of hydrogen-bond acceptors (Lipinski definition) is 6. The van der Waals surface area contributed by atoms with Crippen molar-refractivity contribution >= 4 is 23.3 Å². The summed E-state index contributed by atoms with van der Waals surface area (Å²) in [4.78, 5) is 27.9. The van der Waals surface area contributed by atoms with Gasteiger partial charge in [0.1, 0.15) is 18.5 Å². The van der Waals surface area contributed by atoms with Crippen molar-refractivity contribution in [2.24, 2.45) is 0 Å². The number of rotatable bonds is 7. The Morgan fingerprint density at radius 2 is 1.84 bits per heavy atom. The lowest BCUT2D eigenvalue weighted by molar-refractivity contribution is -0.148. The quantitative estimate of drug-likeness (QED) is 0.691. The summed E-state index contributed by atoms with van der Waals surface area (Å²) in [6.45, 7) is 5.99. The Labute approximate surface area is 182 Å². The predicted octanol–water partition coefficient (Wildman–Crippen LogP) is 2.70. The molecule has 2 aliphatic heterocycles. The maximum Gasteiger partial charge on any atom is 0.303 e. The van der Waals surface area contributed by atoms with Crippen molar-refractivity contribution in [1.29, 1.82) is 0 Å². The smallest absolute Gasteiger partial charge is 0.303 e. The van der Waals surface area contributed by atoms with E-state index in [1.807, 2.05) is 24.3 Å². The van der Waals surface area contributed by atoms with Gasteiger partial charge in [0.05, 0.1) is 0 Å². The highest BCUT2D eigenvalue weighted by Crippen LogP contribution is 2.27. The Bertz CT molecular complexity index is 910. The molecule has 0 aromatic heterocycles. The van der Waals surface area contributed by atoms with Crippen LogP contribution in [-0.4, -0.2) is 62.2 Å². The number of carbonyl (C=O) groups excluding carboxylic acids is 2. The number of nitrogens with zero attached hydrogens (tertiary/aromatic N) is 2. The molecule has 0 aliphatic carbocycles. The van der Waals surface area contributed by atoms with Crippen molar-refractivity contribution in [3.05, 3.63) is 54.1 Å². The highest BCUT2D eigenvalue weighted by Gasteiger charge is 2.23. The Balaban J connectivity index is 1.31. The van der Waals surface area contributed by atoms with Crippen LogP contribution in [0.5, 0.6) is 5.75 Å². The van der Waals surface area contributed by atoms with Crippen molar-refractivity contribution in [3.63, 3.8) is 0 Å². The van der Waals surface area contributed by atoms with Crippen LogP contribution < -0.4 is 15.0 Å². The van der Waals surface area contributed by atoms with E-state index in [0.29, 0.717) is 18.7 Å². The fraction of sp³-hybridized carbons (Fsp3) is 0.417. The van der Waals surface area contributed by atoms with Crippen LogP contribution in [0.15, 0.2) is 48.5 Å². The van der Waals surface area contributed by atoms with Crippen molar-refractivity contribution < 1.29 is 19.1 Å². The van der Waals surface area contributed by atoms with Crippen molar-refractivity contribution in [2.75, 3.05) is 49.5 Å². The second kappa shape index (κ2) is 9.83. The van der Waals surface area contributed by atoms with Crippen LogP contribution in [0, 0.1) is 0 Å². The van der Waals surface area contributed by atoms with Gasteiger partial charge in [-0.05, 0) is 30.2 Å². The second-order valence-electron chi connectivity index (χ2n) is 8.03. The largest absolute Gasteiger partial charge is 0.490 e. The molecule has 2 aromatic carbocycles. The molecule has 2 heterocycles. The summed E-state index contributed by atoms with van der Waals surface area (Å²) in [6, 6.07) is 16.1. The van der Waals surface area contributed by atoms with Crippen LogP contribution in [0.2, 0.25) is 0 Å². The summed E-state index contributed by atoms with van der Waals surface area (Å²) in [5.74, 6) is 0.373. The Morgan fingerprint density at radius 1 is 1.06 bits per heavy atom. The van der Waals surface area contributed by atoms with Crippen LogP contribution >= 0.6 is 0 Å². The van der Waals surface area contributed by atoms with Gasteiger partial charge in [0.2, 0.25) is 5.91 Å². The summed E-state index contributed by atoms with van der Waals surface area (Å²) in [7, 11) is 0. The van der Waals surface area contributed by atoms with E-state index >= 15 is 0 Å². The van der Waals surface area contributed by atoms with E-state index in [0.717, 1.165) is 43.9 Å². The molecule has 1 unspecified atom stereocenters. The molecular weight excluding hydrogens is 394 g/mol. The van der Waals surface area contributed by atoms with Gasteiger partial charge in [0, 0.05) is 63.5 Å². The number of anilines is 2. The third-order valence-electron chi connectivity index (χ3n) is 5.70. The lowest BCUT2D eigenvalue weighted by Crippen LogP contribution is -2.50. The van der Waals surface area contributed by atoms with E-state index in [1.165, 1.54) is 12.6 Å². The number of amides is 1. The zero-order valence-electron chi connectivity index (χ0n) is 17.9. The number of aryl methyl sites for hydroxylation is 1.